The van der Waals surface area contributed by atoms with E-state index in [2.05, 4.69) is 16.0 Å². The molecule has 10 heteroatoms. The van der Waals surface area contributed by atoms with Gasteiger partial charge in [-0.3, -0.25) is 14.4 Å². The second kappa shape index (κ2) is 8.14. The summed E-state index contributed by atoms with van der Waals surface area (Å²) in [7, 11) is -0.564. The van der Waals surface area contributed by atoms with E-state index in [1.807, 2.05) is 13.8 Å². The Morgan fingerprint density at radius 3 is 2.41 bits per heavy atom. The maximum absolute atomic E-state index is 12.5. The molecule has 1 heterocycles. The number of nitrogens with zero attached hydrogens (tertiary/aromatic N) is 1. The SMILES string of the molecule is CN(C)S(=O)(=O)CCC(=O)NC(CNC(=O)C1CC(=O)NC1(C)C)C1CC1. The molecule has 0 aromatic heterocycles. The van der Waals surface area contributed by atoms with Crippen LogP contribution in [-0.4, -0.2) is 68.4 Å². The largest absolute Gasteiger partial charge is 0.354 e. The Hall–Kier alpha value is -1.68. The van der Waals surface area contributed by atoms with E-state index in [-0.39, 0.29) is 54.8 Å². The van der Waals surface area contributed by atoms with Crippen molar-refractivity contribution < 1.29 is 22.8 Å². The van der Waals surface area contributed by atoms with Gasteiger partial charge in [0, 0.05) is 45.1 Å². The third kappa shape index (κ3) is 5.90. The molecule has 1 aliphatic heterocycles. The van der Waals surface area contributed by atoms with Crippen LogP contribution in [-0.2, 0) is 24.4 Å². The molecule has 1 aliphatic carbocycles. The van der Waals surface area contributed by atoms with Crippen LogP contribution in [0.25, 0.3) is 0 Å². The zero-order valence-corrected chi connectivity index (χ0v) is 17.2. The minimum absolute atomic E-state index is 0.119. The number of sulfonamides is 1. The molecule has 2 aliphatic rings. The summed E-state index contributed by atoms with van der Waals surface area (Å²) in [5.74, 6) is -1.12. The first-order valence-corrected chi connectivity index (χ1v) is 10.8. The predicted octanol–water partition coefficient (Wildman–Crippen LogP) is -0.806. The lowest BCUT2D eigenvalue weighted by molar-refractivity contribution is -0.128. The number of carbonyl (C=O) groups excluding carboxylic acids is 3. The van der Waals surface area contributed by atoms with Gasteiger partial charge < -0.3 is 16.0 Å². The Morgan fingerprint density at radius 1 is 1.30 bits per heavy atom. The Balaban J connectivity index is 1.85. The summed E-state index contributed by atoms with van der Waals surface area (Å²) in [4.78, 5) is 36.2. The van der Waals surface area contributed by atoms with E-state index in [4.69, 9.17) is 0 Å². The van der Waals surface area contributed by atoms with Gasteiger partial charge in [-0.15, -0.1) is 0 Å². The number of hydrogen-bond acceptors (Lipinski definition) is 5. The monoisotopic (exact) mass is 402 g/mol. The van der Waals surface area contributed by atoms with Crippen LogP contribution in [0.4, 0.5) is 0 Å². The molecule has 154 valence electrons. The summed E-state index contributed by atoms with van der Waals surface area (Å²) in [5, 5.41) is 8.48. The van der Waals surface area contributed by atoms with Crippen LogP contribution in [0.15, 0.2) is 0 Å². The standard InChI is InChI=1S/C17H30N4O5S/c1-17(2)12(9-15(23)20-17)16(24)18-10-13(11-5-6-11)19-14(22)7-8-27(25,26)21(3)4/h11-13H,5-10H2,1-4H3,(H,18,24)(H,19,22)(H,20,23). The maximum atomic E-state index is 12.5. The van der Waals surface area contributed by atoms with E-state index in [0.717, 1.165) is 17.1 Å². The van der Waals surface area contributed by atoms with Crippen LogP contribution in [0.5, 0.6) is 0 Å². The molecule has 0 bridgehead atoms. The molecule has 3 amide bonds. The molecule has 1 saturated heterocycles. The molecule has 2 unspecified atom stereocenters. The summed E-state index contributed by atoms with van der Waals surface area (Å²) >= 11 is 0. The van der Waals surface area contributed by atoms with E-state index in [1.165, 1.54) is 14.1 Å². The molecule has 0 aromatic carbocycles. The summed E-state index contributed by atoms with van der Waals surface area (Å²) in [5.41, 5.74) is -0.597. The van der Waals surface area contributed by atoms with Crippen LogP contribution < -0.4 is 16.0 Å². The highest BCUT2D eigenvalue weighted by molar-refractivity contribution is 7.89. The quantitative estimate of drug-likeness (QED) is 0.465. The molecule has 0 aromatic rings. The van der Waals surface area contributed by atoms with Crippen molar-refractivity contribution in [1.29, 1.82) is 0 Å². The van der Waals surface area contributed by atoms with Crippen molar-refractivity contribution >= 4 is 27.7 Å². The molecule has 0 radical (unpaired) electrons. The zero-order chi connectivity index (χ0) is 20.4. The molecule has 3 N–H and O–H groups in total. The first-order chi connectivity index (χ1) is 12.4. The number of hydrogen-bond donors (Lipinski definition) is 3. The fourth-order valence-corrected chi connectivity index (χ4v) is 4.02. The molecule has 9 nitrogen and oxygen atoms in total. The van der Waals surface area contributed by atoms with Gasteiger partial charge in [-0.2, -0.15) is 0 Å². The van der Waals surface area contributed by atoms with Crippen LogP contribution in [0.3, 0.4) is 0 Å². The number of carbonyl (C=O) groups is 3. The maximum Gasteiger partial charge on any atom is 0.226 e. The topological polar surface area (TPSA) is 125 Å². The molecule has 2 rings (SSSR count). The highest BCUT2D eigenvalue weighted by Crippen LogP contribution is 2.33. The van der Waals surface area contributed by atoms with Crippen LogP contribution in [0, 0.1) is 11.8 Å². The lowest BCUT2D eigenvalue weighted by Crippen LogP contribution is -2.50. The van der Waals surface area contributed by atoms with Crippen molar-refractivity contribution in [2.24, 2.45) is 11.8 Å². The van der Waals surface area contributed by atoms with Gasteiger partial charge in [-0.1, -0.05) is 0 Å². The van der Waals surface area contributed by atoms with Gasteiger partial charge in [-0.25, -0.2) is 12.7 Å². The average Bonchev–Trinajstić information content (AvgIpc) is 3.34. The number of nitrogens with one attached hydrogen (secondary N) is 3. The molecular weight excluding hydrogens is 372 g/mol. The van der Waals surface area contributed by atoms with E-state index >= 15 is 0 Å². The fourth-order valence-electron chi connectivity index (χ4n) is 3.21. The van der Waals surface area contributed by atoms with E-state index in [0.29, 0.717) is 0 Å². The Kier molecular flexibility index (Phi) is 6.51. The third-order valence-corrected chi connectivity index (χ3v) is 7.05. The average molecular weight is 403 g/mol. The smallest absolute Gasteiger partial charge is 0.226 e. The van der Waals surface area contributed by atoms with Crippen molar-refractivity contribution in [3.05, 3.63) is 0 Å². The molecular formula is C17H30N4O5S. The second-order valence-corrected chi connectivity index (χ2v) is 10.4. The van der Waals surface area contributed by atoms with Gasteiger partial charge in [0.1, 0.15) is 0 Å². The normalized spacial score (nSPS) is 23.0. The fraction of sp³-hybridized carbons (Fsp3) is 0.824. The van der Waals surface area contributed by atoms with Crippen molar-refractivity contribution in [3.63, 3.8) is 0 Å². The van der Waals surface area contributed by atoms with Gasteiger partial charge in [0.05, 0.1) is 11.7 Å². The summed E-state index contributed by atoms with van der Waals surface area (Å²) < 4.78 is 24.6. The Labute approximate surface area is 160 Å². The van der Waals surface area contributed by atoms with Gasteiger partial charge in [0.15, 0.2) is 0 Å². The minimum Gasteiger partial charge on any atom is -0.354 e. The van der Waals surface area contributed by atoms with E-state index in [1.54, 1.807) is 0 Å². The molecule has 1 saturated carbocycles. The summed E-state index contributed by atoms with van der Waals surface area (Å²) in [6.07, 6.45) is 1.96. The number of rotatable bonds is 9. The first kappa shape index (κ1) is 21.6. The lowest BCUT2D eigenvalue weighted by atomic mass is 9.88. The molecule has 2 atom stereocenters. The minimum atomic E-state index is -3.42. The van der Waals surface area contributed by atoms with Gasteiger partial charge in [0.2, 0.25) is 27.7 Å². The third-order valence-electron chi connectivity index (χ3n) is 5.22. The highest BCUT2D eigenvalue weighted by atomic mass is 32.2. The molecule has 2 fully saturated rings. The first-order valence-electron chi connectivity index (χ1n) is 9.20. The van der Waals surface area contributed by atoms with Crippen molar-refractivity contribution in [2.75, 3.05) is 26.4 Å². The second-order valence-electron chi connectivity index (χ2n) is 8.13. The summed E-state index contributed by atoms with van der Waals surface area (Å²) in [6.45, 7) is 3.90. The van der Waals surface area contributed by atoms with Crippen LogP contribution in [0.2, 0.25) is 0 Å². The van der Waals surface area contributed by atoms with Gasteiger partial charge in [-0.05, 0) is 32.6 Å². The van der Waals surface area contributed by atoms with Crippen molar-refractivity contribution in [3.8, 4) is 0 Å². The molecule has 27 heavy (non-hydrogen) atoms. The van der Waals surface area contributed by atoms with Gasteiger partial charge in [0.25, 0.3) is 0 Å². The van der Waals surface area contributed by atoms with Crippen LogP contribution >= 0.6 is 0 Å². The van der Waals surface area contributed by atoms with E-state index in [9.17, 15) is 22.8 Å². The number of amides is 3. The lowest BCUT2D eigenvalue weighted by Gasteiger charge is -2.26. The van der Waals surface area contributed by atoms with Crippen molar-refractivity contribution in [1.82, 2.24) is 20.3 Å². The zero-order valence-electron chi connectivity index (χ0n) is 16.4. The highest BCUT2D eigenvalue weighted by Gasteiger charge is 2.44. The van der Waals surface area contributed by atoms with Crippen LogP contribution in [0.1, 0.15) is 39.5 Å². The predicted molar refractivity (Wildman–Crippen MR) is 100 cm³/mol. The summed E-state index contributed by atoms with van der Waals surface area (Å²) in [6, 6.07) is -0.225. The van der Waals surface area contributed by atoms with Crippen molar-refractivity contribution in [2.45, 2.75) is 51.1 Å². The Morgan fingerprint density at radius 2 is 1.93 bits per heavy atom. The molecule has 0 spiro atoms. The van der Waals surface area contributed by atoms with E-state index < -0.39 is 21.5 Å². The Bertz CT molecular complexity index is 700. The van der Waals surface area contributed by atoms with Gasteiger partial charge >= 0.3 is 0 Å².